The first kappa shape index (κ1) is 9.75. The Labute approximate surface area is 86.1 Å². The number of hydrogen-bond donors (Lipinski definition) is 1. The first-order chi connectivity index (χ1) is 6.86. The van der Waals surface area contributed by atoms with E-state index in [1.54, 1.807) is 0 Å². The van der Waals surface area contributed by atoms with E-state index in [9.17, 15) is 0 Å². The van der Waals surface area contributed by atoms with Crippen molar-refractivity contribution in [1.82, 2.24) is 9.97 Å². The van der Waals surface area contributed by atoms with Gasteiger partial charge in [0.25, 0.3) is 0 Å². The molecular formula is C12H20N2. The van der Waals surface area contributed by atoms with Crippen molar-refractivity contribution in [2.24, 2.45) is 0 Å². The summed E-state index contributed by atoms with van der Waals surface area (Å²) in [5.74, 6) is 1.92. The number of imidazole rings is 1. The lowest BCUT2D eigenvalue weighted by Gasteiger charge is -2.17. The number of rotatable bonds is 1. The van der Waals surface area contributed by atoms with Gasteiger partial charge in [-0.3, -0.25) is 0 Å². The first-order valence-electron chi connectivity index (χ1n) is 5.88. The minimum Gasteiger partial charge on any atom is -0.346 e. The SMILES string of the molecule is Cc1cnc(C2CCCCCCC2)[nH]1. The second-order valence-corrected chi connectivity index (χ2v) is 4.49. The number of nitrogens with one attached hydrogen (secondary N) is 1. The first-order valence-corrected chi connectivity index (χ1v) is 5.88. The second-order valence-electron chi connectivity index (χ2n) is 4.49. The third-order valence-corrected chi connectivity index (χ3v) is 3.21. The third-order valence-electron chi connectivity index (χ3n) is 3.21. The minimum absolute atomic E-state index is 0.698. The molecule has 1 aliphatic carbocycles. The van der Waals surface area contributed by atoms with Crippen molar-refractivity contribution in [2.75, 3.05) is 0 Å². The van der Waals surface area contributed by atoms with Crippen LogP contribution in [0.4, 0.5) is 0 Å². The number of H-pyrrole nitrogens is 1. The molecule has 0 radical (unpaired) electrons. The van der Waals surface area contributed by atoms with E-state index < -0.39 is 0 Å². The van der Waals surface area contributed by atoms with Gasteiger partial charge in [-0.25, -0.2) is 4.98 Å². The maximum atomic E-state index is 4.46. The van der Waals surface area contributed by atoms with Crippen LogP contribution in [0.3, 0.4) is 0 Å². The monoisotopic (exact) mass is 192 g/mol. The molecule has 14 heavy (non-hydrogen) atoms. The zero-order valence-electron chi connectivity index (χ0n) is 9.05. The summed E-state index contributed by atoms with van der Waals surface area (Å²) >= 11 is 0. The van der Waals surface area contributed by atoms with Gasteiger partial charge in [0.2, 0.25) is 0 Å². The summed E-state index contributed by atoms with van der Waals surface area (Å²) in [6.07, 6.45) is 11.6. The van der Waals surface area contributed by atoms with Crippen molar-refractivity contribution < 1.29 is 0 Å². The maximum absolute atomic E-state index is 4.46. The van der Waals surface area contributed by atoms with Gasteiger partial charge in [-0.05, 0) is 19.8 Å². The second kappa shape index (κ2) is 4.63. The average Bonchev–Trinajstić information content (AvgIpc) is 2.51. The molecule has 78 valence electrons. The van der Waals surface area contributed by atoms with Crippen LogP contribution < -0.4 is 0 Å². The Morgan fingerprint density at radius 3 is 2.36 bits per heavy atom. The standard InChI is InChI=1S/C12H20N2/c1-10-9-13-12(14-10)11-7-5-3-2-4-6-8-11/h9,11H,2-8H2,1H3,(H,13,14). The third kappa shape index (κ3) is 2.37. The highest BCUT2D eigenvalue weighted by Gasteiger charge is 2.15. The molecule has 0 amide bonds. The van der Waals surface area contributed by atoms with Crippen molar-refractivity contribution in [2.45, 2.75) is 57.8 Å². The molecule has 2 nitrogen and oxygen atoms in total. The van der Waals surface area contributed by atoms with E-state index in [0.29, 0.717) is 5.92 Å². The summed E-state index contributed by atoms with van der Waals surface area (Å²) in [5, 5.41) is 0. The van der Waals surface area contributed by atoms with Gasteiger partial charge in [-0.15, -0.1) is 0 Å². The van der Waals surface area contributed by atoms with E-state index in [0.717, 1.165) is 0 Å². The van der Waals surface area contributed by atoms with Crippen LogP contribution in [0.1, 0.15) is 62.4 Å². The molecular weight excluding hydrogens is 172 g/mol. The van der Waals surface area contributed by atoms with E-state index in [4.69, 9.17) is 0 Å². The zero-order valence-corrected chi connectivity index (χ0v) is 9.05. The van der Waals surface area contributed by atoms with Gasteiger partial charge in [0.15, 0.2) is 0 Å². The molecule has 1 heterocycles. The van der Waals surface area contributed by atoms with Crippen LogP contribution in [-0.4, -0.2) is 9.97 Å². The van der Waals surface area contributed by atoms with Crippen molar-refractivity contribution in [3.63, 3.8) is 0 Å². The number of hydrogen-bond acceptors (Lipinski definition) is 1. The maximum Gasteiger partial charge on any atom is 0.109 e. The predicted molar refractivity (Wildman–Crippen MR) is 58.4 cm³/mol. The lowest BCUT2D eigenvalue weighted by molar-refractivity contribution is 0.444. The zero-order chi connectivity index (χ0) is 9.80. The molecule has 1 aromatic rings. The molecule has 1 saturated carbocycles. The molecule has 2 heteroatoms. The molecule has 0 atom stereocenters. The minimum atomic E-state index is 0.698. The topological polar surface area (TPSA) is 28.7 Å². The molecule has 1 aromatic heterocycles. The lowest BCUT2D eigenvalue weighted by atomic mass is 9.91. The molecule has 2 rings (SSSR count). The van der Waals surface area contributed by atoms with Gasteiger partial charge in [0, 0.05) is 17.8 Å². The number of aromatic nitrogens is 2. The Bertz CT molecular complexity index is 270. The highest BCUT2D eigenvalue weighted by atomic mass is 14.9. The average molecular weight is 192 g/mol. The van der Waals surface area contributed by atoms with Crippen molar-refractivity contribution >= 4 is 0 Å². The van der Waals surface area contributed by atoms with Gasteiger partial charge < -0.3 is 4.98 Å². The fraction of sp³-hybridized carbons (Fsp3) is 0.750. The summed E-state index contributed by atoms with van der Waals surface area (Å²) in [4.78, 5) is 7.84. The highest BCUT2D eigenvalue weighted by molar-refractivity contribution is 5.03. The van der Waals surface area contributed by atoms with Gasteiger partial charge in [-0.2, -0.15) is 0 Å². The van der Waals surface area contributed by atoms with Crippen LogP contribution in [0.2, 0.25) is 0 Å². The normalized spacial score (nSPS) is 20.4. The van der Waals surface area contributed by atoms with E-state index >= 15 is 0 Å². The summed E-state index contributed by atoms with van der Waals surface area (Å²) in [6.45, 7) is 2.08. The van der Waals surface area contributed by atoms with Crippen molar-refractivity contribution in [3.05, 3.63) is 17.7 Å². The highest BCUT2D eigenvalue weighted by Crippen LogP contribution is 2.28. The van der Waals surface area contributed by atoms with Crippen molar-refractivity contribution in [3.8, 4) is 0 Å². The van der Waals surface area contributed by atoms with Gasteiger partial charge in [0.05, 0.1) is 0 Å². The number of aromatic amines is 1. The molecule has 0 spiro atoms. The fourth-order valence-electron chi connectivity index (χ4n) is 2.37. The molecule has 0 saturated heterocycles. The Hall–Kier alpha value is -0.790. The van der Waals surface area contributed by atoms with Crippen LogP contribution in [0.25, 0.3) is 0 Å². The van der Waals surface area contributed by atoms with Crippen LogP contribution in [0.5, 0.6) is 0 Å². The van der Waals surface area contributed by atoms with Crippen LogP contribution in [-0.2, 0) is 0 Å². The van der Waals surface area contributed by atoms with Crippen LogP contribution in [0.15, 0.2) is 6.20 Å². The summed E-state index contributed by atoms with van der Waals surface area (Å²) in [5.41, 5.74) is 1.20. The molecule has 0 unspecified atom stereocenters. The van der Waals surface area contributed by atoms with Crippen LogP contribution in [0, 0.1) is 6.92 Å². The number of aryl methyl sites for hydroxylation is 1. The number of nitrogens with zero attached hydrogens (tertiary/aromatic N) is 1. The summed E-state index contributed by atoms with van der Waals surface area (Å²) in [7, 11) is 0. The molecule has 0 bridgehead atoms. The largest absolute Gasteiger partial charge is 0.346 e. The smallest absolute Gasteiger partial charge is 0.109 e. The van der Waals surface area contributed by atoms with Gasteiger partial charge >= 0.3 is 0 Å². The molecule has 0 aromatic carbocycles. The van der Waals surface area contributed by atoms with E-state index in [1.807, 2.05) is 6.20 Å². The Morgan fingerprint density at radius 1 is 1.14 bits per heavy atom. The van der Waals surface area contributed by atoms with E-state index in [2.05, 4.69) is 16.9 Å². The summed E-state index contributed by atoms with van der Waals surface area (Å²) in [6, 6.07) is 0. The Kier molecular flexibility index (Phi) is 3.22. The molecule has 1 N–H and O–H groups in total. The molecule has 0 aliphatic heterocycles. The molecule has 1 fully saturated rings. The predicted octanol–water partition coefficient (Wildman–Crippen LogP) is 3.55. The summed E-state index contributed by atoms with van der Waals surface area (Å²) < 4.78 is 0. The Morgan fingerprint density at radius 2 is 1.79 bits per heavy atom. The lowest BCUT2D eigenvalue weighted by Crippen LogP contribution is -2.04. The van der Waals surface area contributed by atoms with Gasteiger partial charge in [0.1, 0.15) is 5.82 Å². The quantitative estimate of drug-likeness (QED) is 0.724. The van der Waals surface area contributed by atoms with Crippen molar-refractivity contribution in [1.29, 1.82) is 0 Å². The van der Waals surface area contributed by atoms with E-state index in [1.165, 1.54) is 56.5 Å². The van der Waals surface area contributed by atoms with E-state index in [-0.39, 0.29) is 0 Å². The van der Waals surface area contributed by atoms with Gasteiger partial charge in [-0.1, -0.05) is 32.1 Å². The fourth-order valence-corrected chi connectivity index (χ4v) is 2.37. The molecule has 1 aliphatic rings. The Balaban J connectivity index is 2.00. The van der Waals surface area contributed by atoms with Crippen LogP contribution >= 0.6 is 0 Å².